The van der Waals surface area contributed by atoms with Crippen LogP contribution in [-0.4, -0.2) is 107 Å². The standard InChI is InChI=1S/C6H11N3O6.4C2H4O2/c7-9-8-6(15)5(14)4(13)3(12)2(11)1-10;4*1-2(3)4/h2-5,10-14H,1H2;4*1H3,(H,3,4)/t2-,3-,4+,5-;;;;/m1..../s1. The highest BCUT2D eigenvalue weighted by Gasteiger charge is 2.33. The molecule has 0 fully saturated rings. The maximum atomic E-state index is 10.7. The van der Waals surface area contributed by atoms with Crippen molar-refractivity contribution >= 4 is 29.8 Å². The van der Waals surface area contributed by atoms with Crippen molar-refractivity contribution < 1.29 is 69.9 Å². The Kier molecular flexibility index (Phi) is 30.5. The first-order chi connectivity index (χ1) is 13.9. The predicted molar refractivity (Wildman–Crippen MR) is 98.5 cm³/mol. The minimum Gasteiger partial charge on any atom is -0.481 e. The first-order valence-corrected chi connectivity index (χ1v) is 7.58. The van der Waals surface area contributed by atoms with Crippen LogP contribution in [0.2, 0.25) is 0 Å². The van der Waals surface area contributed by atoms with Crippen LogP contribution in [0.4, 0.5) is 0 Å². The average Bonchev–Trinajstić information content (AvgIpc) is 2.57. The lowest BCUT2D eigenvalue weighted by atomic mass is 10.0. The van der Waals surface area contributed by atoms with E-state index in [2.05, 4.69) is 10.0 Å². The van der Waals surface area contributed by atoms with Gasteiger partial charge in [-0.2, -0.15) is 0 Å². The zero-order valence-electron chi connectivity index (χ0n) is 16.9. The Labute approximate surface area is 175 Å². The van der Waals surface area contributed by atoms with Crippen LogP contribution in [0.3, 0.4) is 0 Å². The highest BCUT2D eigenvalue weighted by atomic mass is 16.4. The molecule has 0 aromatic carbocycles. The number of azide groups is 1. The lowest BCUT2D eigenvalue weighted by Crippen LogP contribution is -2.48. The number of nitrogens with zero attached hydrogens (tertiary/aromatic N) is 3. The maximum Gasteiger partial charge on any atom is 0.300 e. The number of hydrogen-bond acceptors (Lipinski definition) is 10. The molecular weight excluding hydrogens is 434 g/mol. The van der Waals surface area contributed by atoms with Gasteiger partial charge in [-0.3, -0.25) is 24.0 Å². The monoisotopic (exact) mass is 461 g/mol. The Balaban J connectivity index is -0.000000114. The van der Waals surface area contributed by atoms with E-state index in [0.717, 1.165) is 27.7 Å². The topological polar surface area (TPSA) is 316 Å². The van der Waals surface area contributed by atoms with Gasteiger partial charge in [-0.05, 0) is 10.6 Å². The van der Waals surface area contributed by atoms with Crippen molar-refractivity contribution in [2.75, 3.05) is 6.61 Å². The Morgan fingerprint density at radius 1 is 0.742 bits per heavy atom. The molecule has 0 spiro atoms. The summed E-state index contributed by atoms with van der Waals surface area (Å²) in [5.41, 5.74) is 7.85. The van der Waals surface area contributed by atoms with Crippen LogP contribution < -0.4 is 0 Å². The lowest BCUT2D eigenvalue weighted by molar-refractivity contribution is -0.146. The molecule has 0 aromatic rings. The summed E-state index contributed by atoms with van der Waals surface area (Å²) in [6, 6.07) is 0. The van der Waals surface area contributed by atoms with Crippen LogP contribution in [0, 0.1) is 0 Å². The van der Waals surface area contributed by atoms with Gasteiger partial charge in [-0.25, -0.2) is 0 Å². The zero-order valence-corrected chi connectivity index (χ0v) is 16.9. The number of aliphatic carboxylic acids is 4. The first kappa shape index (κ1) is 38.3. The van der Waals surface area contributed by atoms with E-state index < -0.39 is 60.8 Å². The molecule has 17 nitrogen and oxygen atoms in total. The zero-order chi connectivity index (χ0) is 26.3. The average molecular weight is 461 g/mol. The summed E-state index contributed by atoms with van der Waals surface area (Å²) in [6.07, 6.45) is -7.85. The van der Waals surface area contributed by atoms with Gasteiger partial charge in [0.1, 0.15) is 24.4 Å². The second kappa shape index (κ2) is 24.7. The number of carboxylic acids is 4. The fourth-order valence-corrected chi connectivity index (χ4v) is 0.772. The molecule has 4 atom stereocenters. The van der Waals surface area contributed by atoms with Gasteiger partial charge in [-0.15, -0.1) is 0 Å². The van der Waals surface area contributed by atoms with E-state index in [9.17, 15) is 4.79 Å². The molecule has 0 aromatic heterocycles. The summed E-state index contributed by atoms with van der Waals surface area (Å²) >= 11 is 0. The van der Waals surface area contributed by atoms with E-state index in [1.165, 1.54) is 0 Å². The van der Waals surface area contributed by atoms with E-state index in [-0.39, 0.29) is 0 Å². The summed E-state index contributed by atoms with van der Waals surface area (Å²) in [5.74, 6) is -4.73. The molecule has 0 aliphatic heterocycles. The molecule has 0 rings (SSSR count). The van der Waals surface area contributed by atoms with E-state index >= 15 is 0 Å². The summed E-state index contributed by atoms with van der Waals surface area (Å²) in [6.45, 7) is 3.47. The van der Waals surface area contributed by atoms with Crippen molar-refractivity contribution in [3.63, 3.8) is 0 Å². The third-order valence-electron chi connectivity index (χ3n) is 1.65. The first-order valence-electron chi connectivity index (χ1n) is 7.58. The third kappa shape index (κ3) is 52.0. The number of amides is 1. The number of carbonyl (C=O) groups is 5. The van der Waals surface area contributed by atoms with E-state index in [4.69, 9.17) is 70.7 Å². The van der Waals surface area contributed by atoms with Crippen LogP contribution in [0.25, 0.3) is 10.4 Å². The Morgan fingerprint density at radius 3 is 1.19 bits per heavy atom. The molecule has 0 heterocycles. The molecular formula is C14H27N3O14. The number of carbonyl (C=O) groups excluding carboxylic acids is 1. The molecule has 0 saturated carbocycles. The van der Waals surface area contributed by atoms with Crippen molar-refractivity contribution in [2.45, 2.75) is 52.1 Å². The molecule has 1 amide bonds. The van der Waals surface area contributed by atoms with Crippen LogP contribution in [0.1, 0.15) is 27.7 Å². The van der Waals surface area contributed by atoms with Crippen LogP contribution >= 0.6 is 0 Å². The quantitative estimate of drug-likeness (QED) is 0.117. The highest BCUT2D eigenvalue weighted by molar-refractivity contribution is 5.81. The Bertz CT molecular complexity index is 527. The summed E-state index contributed by atoms with van der Waals surface area (Å²) in [5, 5.41) is 76.6. The molecule has 0 aliphatic rings. The third-order valence-corrected chi connectivity index (χ3v) is 1.65. The van der Waals surface area contributed by atoms with E-state index in [1.54, 1.807) is 0 Å². The molecule has 0 saturated heterocycles. The summed E-state index contributed by atoms with van der Waals surface area (Å²) in [7, 11) is 0. The minimum atomic E-state index is -2.16. The number of rotatable bonds is 5. The van der Waals surface area contributed by atoms with Crippen molar-refractivity contribution in [2.24, 2.45) is 5.11 Å². The molecule has 0 unspecified atom stereocenters. The van der Waals surface area contributed by atoms with Gasteiger partial charge in [0.15, 0.2) is 0 Å². The van der Waals surface area contributed by atoms with Gasteiger partial charge in [0.25, 0.3) is 23.9 Å². The lowest BCUT2D eigenvalue weighted by Gasteiger charge is -2.23. The van der Waals surface area contributed by atoms with Gasteiger partial charge in [0.2, 0.25) is 5.91 Å². The normalized spacial score (nSPS) is 12.2. The van der Waals surface area contributed by atoms with E-state index in [0.29, 0.717) is 0 Å². The van der Waals surface area contributed by atoms with Crippen molar-refractivity contribution in [1.82, 2.24) is 0 Å². The van der Waals surface area contributed by atoms with Crippen molar-refractivity contribution in [3.8, 4) is 0 Å². The van der Waals surface area contributed by atoms with Crippen molar-refractivity contribution in [1.29, 1.82) is 0 Å². The molecule has 31 heavy (non-hydrogen) atoms. The highest BCUT2D eigenvalue weighted by Crippen LogP contribution is 2.06. The largest absolute Gasteiger partial charge is 0.481 e. The molecule has 9 N–H and O–H groups in total. The molecule has 17 heteroatoms. The van der Waals surface area contributed by atoms with Gasteiger partial charge in [0, 0.05) is 32.6 Å². The second-order valence-corrected chi connectivity index (χ2v) is 4.78. The van der Waals surface area contributed by atoms with Crippen molar-refractivity contribution in [3.05, 3.63) is 10.4 Å². The van der Waals surface area contributed by atoms with Gasteiger partial charge >= 0.3 is 0 Å². The number of aliphatic hydroxyl groups is 5. The number of hydrogen-bond donors (Lipinski definition) is 9. The number of aliphatic hydroxyl groups excluding tert-OH is 5. The van der Waals surface area contributed by atoms with Crippen LogP contribution in [0.15, 0.2) is 5.11 Å². The Hall–Kier alpha value is -3.34. The van der Waals surface area contributed by atoms with Gasteiger partial charge < -0.3 is 46.0 Å². The van der Waals surface area contributed by atoms with Crippen LogP contribution in [0.5, 0.6) is 0 Å². The fraction of sp³-hybridized carbons (Fsp3) is 0.643. The van der Waals surface area contributed by atoms with Crippen LogP contribution in [-0.2, 0) is 24.0 Å². The summed E-state index contributed by atoms with van der Waals surface area (Å²) in [4.78, 5) is 48.8. The van der Waals surface area contributed by atoms with Gasteiger partial charge in [0.05, 0.1) is 6.61 Å². The molecule has 0 radical (unpaired) electrons. The second-order valence-electron chi connectivity index (χ2n) is 4.78. The minimum absolute atomic E-state index is 0.833. The number of carboxylic acid groups (broad SMARTS) is 4. The molecule has 182 valence electrons. The van der Waals surface area contributed by atoms with E-state index in [1.807, 2.05) is 0 Å². The maximum absolute atomic E-state index is 10.7. The Morgan fingerprint density at radius 2 is 1.00 bits per heavy atom. The SMILES string of the molecule is CC(=O)O.CC(=O)O.CC(=O)O.CC(=O)O.[N-]=[N+]=NC(=O)[C@H](O)[C@@H](O)[C@H](O)[C@H](O)CO. The fourth-order valence-electron chi connectivity index (χ4n) is 0.772. The predicted octanol–water partition coefficient (Wildman–Crippen LogP) is -2.38. The smallest absolute Gasteiger partial charge is 0.300 e. The molecule has 0 bridgehead atoms. The van der Waals surface area contributed by atoms with Gasteiger partial charge in [-0.1, -0.05) is 0 Å². The molecule has 0 aliphatic carbocycles. The summed E-state index contributed by atoms with van der Waals surface area (Å²) < 4.78 is 0.